The highest BCUT2D eigenvalue weighted by molar-refractivity contribution is 5.95. The summed E-state index contributed by atoms with van der Waals surface area (Å²) in [5.41, 5.74) is -0.484. The monoisotopic (exact) mass is 259 g/mol. The van der Waals surface area contributed by atoms with E-state index in [0.717, 1.165) is 0 Å². The van der Waals surface area contributed by atoms with Crippen molar-refractivity contribution in [3.8, 4) is 0 Å². The molecule has 0 amide bonds. The zero-order chi connectivity index (χ0) is 13.1. The molecular weight excluding hydrogens is 244 g/mol. The first-order chi connectivity index (χ1) is 8.63. The Balaban J connectivity index is 2.13. The van der Waals surface area contributed by atoms with E-state index in [1.807, 2.05) is 4.90 Å². The van der Waals surface area contributed by atoms with Crippen LogP contribution in [-0.2, 0) is 9.57 Å². The lowest BCUT2D eigenvalue weighted by Gasteiger charge is -2.34. The van der Waals surface area contributed by atoms with E-state index in [0.29, 0.717) is 26.3 Å². The predicted molar refractivity (Wildman–Crippen MR) is 61.1 cm³/mol. The van der Waals surface area contributed by atoms with Crippen LogP contribution in [0.3, 0.4) is 0 Å². The molecule has 0 aromatic carbocycles. The first-order valence-electron chi connectivity index (χ1n) is 5.67. The molecule has 0 saturated carbocycles. The van der Waals surface area contributed by atoms with Gasteiger partial charge >= 0.3 is 0 Å². The molecule has 0 radical (unpaired) electrons. The maximum Gasteiger partial charge on any atom is 0.243 e. The van der Waals surface area contributed by atoms with Crippen molar-refractivity contribution in [2.75, 3.05) is 26.3 Å². The average molecular weight is 259 g/mol. The highest BCUT2D eigenvalue weighted by atomic mass is 19.1. The molecule has 0 bridgehead atoms. The van der Waals surface area contributed by atoms with Crippen molar-refractivity contribution in [3.63, 3.8) is 0 Å². The van der Waals surface area contributed by atoms with Gasteiger partial charge in [0, 0.05) is 25.6 Å². The number of ether oxygens (including phenoxy) is 1. The summed E-state index contributed by atoms with van der Waals surface area (Å²) in [5, 5.41) is 7.24. The van der Waals surface area contributed by atoms with Gasteiger partial charge in [0.05, 0.1) is 13.2 Å². The average Bonchev–Trinajstić information content (AvgIpc) is 2.38. The van der Waals surface area contributed by atoms with Crippen LogP contribution in [0.1, 0.15) is 6.42 Å². The standard InChI is InChI=1S/C11H15F2N3O2/c12-8-5-7(16-1-3-17-4-2-16)6-9(13)10(8)11(14)18-15/h5,7,14H,1-4,6,15H2. The largest absolute Gasteiger partial charge is 0.391 e. The summed E-state index contributed by atoms with van der Waals surface area (Å²) >= 11 is 0. The second-order valence-corrected chi connectivity index (χ2v) is 4.16. The summed E-state index contributed by atoms with van der Waals surface area (Å²) in [4.78, 5) is 6.03. The minimum Gasteiger partial charge on any atom is -0.391 e. The van der Waals surface area contributed by atoms with Crippen LogP contribution < -0.4 is 5.90 Å². The number of halogens is 2. The van der Waals surface area contributed by atoms with Crippen molar-refractivity contribution in [3.05, 3.63) is 23.3 Å². The molecule has 0 spiro atoms. The van der Waals surface area contributed by atoms with Crippen molar-refractivity contribution >= 4 is 5.90 Å². The molecule has 0 aromatic heterocycles. The highest BCUT2D eigenvalue weighted by Gasteiger charge is 2.30. The minimum atomic E-state index is -0.800. The number of morpholine rings is 1. The molecule has 100 valence electrons. The molecule has 1 unspecified atom stereocenters. The van der Waals surface area contributed by atoms with Gasteiger partial charge in [-0.15, -0.1) is 0 Å². The fourth-order valence-electron chi connectivity index (χ4n) is 2.16. The lowest BCUT2D eigenvalue weighted by Crippen LogP contribution is -2.43. The number of hydrogen-bond acceptors (Lipinski definition) is 5. The summed E-state index contributed by atoms with van der Waals surface area (Å²) < 4.78 is 32.8. The molecule has 18 heavy (non-hydrogen) atoms. The predicted octanol–water partition coefficient (Wildman–Crippen LogP) is 1.04. The molecule has 1 atom stereocenters. The third kappa shape index (κ3) is 2.58. The van der Waals surface area contributed by atoms with Crippen molar-refractivity contribution in [2.45, 2.75) is 12.5 Å². The molecule has 5 nitrogen and oxygen atoms in total. The number of hydrogen-bond donors (Lipinski definition) is 2. The molecule has 1 saturated heterocycles. The summed E-state index contributed by atoms with van der Waals surface area (Å²) in [6, 6.07) is -0.344. The van der Waals surface area contributed by atoms with Crippen LogP contribution in [0.4, 0.5) is 8.78 Å². The van der Waals surface area contributed by atoms with E-state index < -0.39 is 23.1 Å². The van der Waals surface area contributed by atoms with Crippen molar-refractivity contribution in [1.82, 2.24) is 4.90 Å². The Hall–Kier alpha value is -1.31. The van der Waals surface area contributed by atoms with E-state index in [2.05, 4.69) is 4.84 Å². The Morgan fingerprint density at radius 2 is 2.11 bits per heavy atom. The van der Waals surface area contributed by atoms with Gasteiger partial charge in [0.2, 0.25) is 5.90 Å². The van der Waals surface area contributed by atoms with E-state index in [1.165, 1.54) is 6.08 Å². The van der Waals surface area contributed by atoms with Crippen LogP contribution >= 0.6 is 0 Å². The van der Waals surface area contributed by atoms with Gasteiger partial charge < -0.3 is 9.57 Å². The molecule has 2 rings (SSSR count). The van der Waals surface area contributed by atoms with Crippen LogP contribution in [0.15, 0.2) is 23.3 Å². The van der Waals surface area contributed by atoms with Crippen molar-refractivity contribution in [2.24, 2.45) is 5.90 Å². The summed E-state index contributed by atoms with van der Waals surface area (Å²) in [6.45, 7) is 2.40. The second-order valence-electron chi connectivity index (χ2n) is 4.16. The van der Waals surface area contributed by atoms with Gasteiger partial charge in [-0.1, -0.05) is 0 Å². The maximum atomic E-state index is 13.8. The quantitative estimate of drug-likeness (QED) is 0.441. The second kappa shape index (κ2) is 5.55. The lowest BCUT2D eigenvalue weighted by atomic mass is 9.99. The summed E-state index contributed by atoms with van der Waals surface area (Å²) in [6.07, 6.45) is 1.33. The molecule has 1 fully saturated rings. The number of rotatable bonds is 2. The fraction of sp³-hybridized carbons (Fsp3) is 0.545. The first kappa shape index (κ1) is 13.1. The van der Waals surface area contributed by atoms with Crippen LogP contribution in [0.2, 0.25) is 0 Å². The highest BCUT2D eigenvalue weighted by Crippen LogP contribution is 2.30. The zero-order valence-corrected chi connectivity index (χ0v) is 9.79. The zero-order valence-electron chi connectivity index (χ0n) is 9.79. The lowest BCUT2D eigenvalue weighted by molar-refractivity contribution is 0.0241. The smallest absolute Gasteiger partial charge is 0.243 e. The summed E-state index contributed by atoms with van der Waals surface area (Å²) in [5.74, 6) is 2.56. The van der Waals surface area contributed by atoms with Crippen molar-refractivity contribution < 1.29 is 18.4 Å². The molecule has 1 heterocycles. The Kier molecular flexibility index (Phi) is 4.05. The van der Waals surface area contributed by atoms with Gasteiger partial charge in [0.15, 0.2) is 0 Å². The van der Waals surface area contributed by atoms with E-state index in [1.54, 1.807) is 0 Å². The van der Waals surface area contributed by atoms with E-state index in [4.69, 9.17) is 16.0 Å². The van der Waals surface area contributed by atoms with Gasteiger partial charge in [-0.05, 0) is 6.08 Å². The topological polar surface area (TPSA) is 71.6 Å². The van der Waals surface area contributed by atoms with Gasteiger partial charge in [0.25, 0.3) is 0 Å². The van der Waals surface area contributed by atoms with Crippen LogP contribution in [0, 0.1) is 5.41 Å². The molecule has 3 N–H and O–H groups in total. The number of nitrogens with one attached hydrogen (secondary N) is 1. The molecule has 1 aliphatic carbocycles. The van der Waals surface area contributed by atoms with Gasteiger partial charge in [-0.2, -0.15) is 5.90 Å². The molecule has 0 aromatic rings. The SMILES string of the molecule is N=C(ON)C1=C(F)CC(N2CCOCC2)C=C1F. The Morgan fingerprint density at radius 1 is 1.44 bits per heavy atom. The Labute approximate surface area is 103 Å². The van der Waals surface area contributed by atoms with E-state index in [9.17, 15) is 8.78 Å². The Bertz CT molecular complexity index is 403. The molecule has 7 heteroatoms. The minimum absolute atomic E-state index is 0.0223. The first-order valence-corrected chi connectivity index (χ1v) is 5.67. The van der Waals surface area contributed by atoms with E-state index in [-0.39, 0.29) is 12.5 Å². The van der Waals surface area contributed by atoms with Gasteiger partial charge in [-0.3, -0.25) is 10.3 Å². The molecule has 1 aliphatic heterocycles. The third-order valence-electron chi connectivity index (χ3n) is 3.10. The number of nitrogens with zero attached hydrogens (tertiary/aromatic N) is 1. The summed E-state index contributed by atoms with van der Waals surface area (Å²) in [7, 11) is 0. The molecule has 2 aliphatic rings. The Morgan fingerprint density at radius 3 is 2.67 bits per heavy atom. The normalized spacial score (nSPS) is 25.9. The van der Waals surface area contributed by atoms with Gasteiger partial charge in [0.1, 0.15) is 17.2 Å². The van der Waals surface area contributed by atoms with Gasteiger partial charge in [-0.25, -0.2) is 8.78 Å². The van der Waals surface area contributed by atoms with E-state index >= 15 is 0 Å². The van der Waals surface area contributed by atoms with Crippen LogP contribution in [0.25, 0.3) is 0 Å². The third-order valence-corrected chi connectivity index (χ3v) is 3.10. The van der Waals surface area contributed by atoms with Crippen LogP contribution in [0.5, 0.6) is 0 Å². The maximum absolute atomic E-state index is 13.8. The van der Waals surface area contributed by atoms with Crippen LogP contribution in [-0.4, -0.2) is 43.1 Å². The molecular formula is C11H15F2N3O2. The number of nitrogens with two attached hydrogens (primary N) is 1. The van der Waals surface area contributed by atoms with Crippen molar-refractivity contribution in [1.29, 1.82) is 5.41 Å². The fourth-order valence-corrected chi connectivity index (χ4v) is 2.16.